The van der Waals surface area contributed by atoms with Crippen molar-refractivity contribution in [3.63, 3.8) is 0 Å². The van der Waals surface area contributed by atoms with Gasteiger partial charge in [-0.05, 0) is 29.3 Å². The molecule has 2 rings (SSSR count). The van der Waals surface area contributed by atoms with Crippen molar-refractivity contribution in [1.29, 1.82) is 0 Å². The normalized spacial score (nSPS) is 10.6. The summed E-state index contributed by atoms with van der Waals surface area (Å²) >= 11 is 9.51. The maximum absolute atomic E-state index is 6.05. The smallest absolute Gasteiger partial charge is 0.0735 e. The van der Waals surface area contributed by atoms with E-state index >= 15 is 0 Å². The van der Waals surface area contributed by atoms with Gasteiger partial charge in [-0.25, -0.2) is 0 Å². The van der Waals surface area contributed by atoms with E-state index in [-0.39, 0.29) is 0 Å². The van der Waals surface area contributed by atoms with E-state index in [4.69, 9.17) is 22.1 Å². The molecule has 0 saturated carbocycles. The topological polar surface area (TPSA) is 35.2 Å². The minimum Gasteiger partial charge on any atom is -0.399 e. The Morgan fingerprint density at radius 1 is 1.06 bits per heavy atom. The molecule has 2 N–H and O–H groups in total. The quantitative estimate of drug-likeness (QED) is 0.845. The van der Waals surface area contributed by atoms with E-state index in [0.29, 0.717) is 13.2 Å². The number of benzene rings is 2. The summed E-state index contributed by atoms with van der Waals surface area (Å²) in [5, 5.41) is 0.730. The lowest BCUT2D eigenvalue weighted by Crippen LogP contribution is -1.96. The summed E-state index contributed by atoms with van der Waals surface area (Å²) in [5.41, 5.74) is 8.47. The first-order valence-corrected chi connectivity index (χ1v) is 6.69. The summed E-state index contributed by atoms with van der Waals surface area (Å²) in [6, 6.07) is 13.4. The standard InChI is InChI=1S/C14H13BrClNO/c15-13-7-12(17)6-5-10(13)8-18-9-11-3-1-2-4-14(11)16/h1-7H,8-9,17H2. The fourth-order valence-corrected chi connectivity index (χ4v) is 2.27. The van der Waals surface area contributed by atoms with Gasteiger partial charge < -0.3 is 10.5 Å². The van der Waals surface area contributed by atoms with Crippen LogP contribution >= 0.6 is 27.5 Å². The Labute approximate surface area is 120 Å². The number of nitrogens with two attached hydrogens (primary N) is 1. The summed E-state index contributed by atoms with van der Waals surface area (Å²) in [5.74, 6) is 0. The summed E-state index contributed by atoms with van der Waals surface area (Å²) in [6.07, 6.45) is 0. The van der Waals surface area contributed by atoms with Crippen molar-refractivity contribution in [3.8, 4) is 0 Å². The van der Waals surface area contributed by atoms with Crippen molar-refractivity contribution in [2.45, 2.75) is 13.2 Å². The van der Waals surface area contributed by atoms with Gasteiger partial charge in [-0.15, -0.1) is 0 Å². The van der Waals surface area contributed by atoms with Crippen molar-refractivity contribution < 1.29 is 4.74 Å². The Morgan fingerprint density at radius 2 is 1.78 bits per heavy atom. The Balaban J connectivity index is 1.95. The van der Waals surface area contributed by atoms with E-state index in [1.54, 1.807) is 0 Å². The zero-order valence-corrected chi connectivity index (χ0v) is 12.0. The van der Waals surface area contributed by atoms with Crippen LogP contribution in [-0.4, -0.2) is 0 Å². The molecule has 0 aliphatic heterocycles. The van der Waals surface area contributed by atoms with Crippen LogP contribution in [0.3, 0.4) is 0 Å². The number of halogens is 2. The predicted molar refractivity (Wildman–Crippen MR) is 78.5 cm³/mol. The van der Waals surface area contributed by atoms with Crippen LogP contribution in [-0.2, 0) is 18.0 Å². The molecule has 0 bridgehead atoms. The molecule has 0 heterocycles. The Bertz CT molecular complexity index is 545. The molecule has 0 spiro atoms. The molecule has 0 fully saturated rings. The molecular formula is C14H13BrClNO. The van der Waals surface area contributed by atoms with Gasteiger partial charge in [0.2, 0.25) is 0 Å². The van der Waals surface area contributed by atoms with Crippen molar-refractivity contribution >= 4 is 33.2 Å². The van der Waals surface area contributed by atoms with E-state index in [2.05, 4.69) is 15.9 Å². The lowest BCUT2D eigenvalue weighted by molar-refractivity contribution is 0.107. The summed E-state index contributed by atoms with van der Waals surface area (Å²) in [6.45, 7) is 1.02. The third-order valence-electron chi connectivity index (χ3n) is 2.55. The number of hydrogen-bond acceptors (Lipinski definition) is 2. The van der Waals surface area contributed by atoms with Crippen LogP contribution in [0, 0.1) is 0 Å². The van der Waals surface area contributed by atoms with E-state index in [0.717, 1.165) is 26.3 Å². The minimum absolute atomic E-state index is 0.497. The van der Waals surface area contributed by atoms with E-state index in [9.17, 15) is 0 Å². The number of hydrogen-bond donors (Lipinski definition) is 1. The summed E-state index contributed by atoms with van der Waals surface area (Å²) < 4.78 is 6.61. The van der Waals surface area contributed by atoms with Crippen molar-refractivity contribution in [1.82, 2.24) is 0 Å². The number of anilines is 1. The van der Waals surface area contributed by atoms with Gasteiger partial charge >= 0.3 is 0 Å². The van der Waals surface area contributed by atoms with E-state index in [1.807, 2.05) is 42.5 Å². The Hall–Kier alpha value is -1.03. The summed E-state index contributed by atoms with van der Waals surface area (Å²) in [4.78, 5) is 0. The van der Waals surface area contributed by atoms with Gasteiger partial charge in [-0.3, -0.25) is 0 Å². The van der Waals surface area contributed by atoms with Gasteiger partial charge in [-0.2, -0.15) is 0 Å². The van der Waals surface area contributed by atoms with Crippen molar-refractivity contribution in [2.75, 3.05) is 5.73 Å². The maximum Gasteiger partial charge on any atom is 0.0735 e. The molecule has 0 aromatic heterocycles. The van der Waals surface area contributed by atoms with Gasteiger partial charge in [0.15, 0.2) is 0 Å². The van der Waals surface area contributed by atoms with Gasteiger partial charge in [0.1, 0.15) is 0 Å². The number of nitrogen functional groups attached to an aromatic ring is 1. The van der Waals surface area contributed by atoms with Crippen LogP contribution in [0.1, 0.15) is 11.1 Å². The monoisotopic (exact) mass is 325 g/mol. The van der Waals surface area contributed by atoms with Crippen molar-refractivity contribution in [3.05, 3.63) is 63.1 Å². The predicted octanol–water partition coefficient (Wildman–Crippen LogP) is 4.40. The third kappa shape index (κ3) is 3.48. The lowest BCUT2D eigenvalue weighted by Gasteiger charge is -2.08. The van der Waals surface area contributed by atoms with E-state index in [1.165, 1.54) is 0 Å². The molecule has 0 radical (unpaired) electrons. The highest BCUT2D eigenvalue weighted by atomic mass is 79.9. The molecule has 2 nitrogen and oxygen atoms in total. The molecule has 4 heteroatoms. The molecule has 18 heavy (non-hydrogen) atoms. The fraction of sp³-hybridized carbons (Fsp3) is 0.143. The molecule has 0 atom stereocenters. The van der Waals surface area contributed by atoms with Gasteiger partial charge in [0.05, 0.1) is 13.2 Å². The van der Waals surface area contributed by atoms with Crippen LogP contribution in [0.15, 0.2) is 46.9 Å². The first kappa shape index (κ1) is 13.4. The molecule has 0 aliphatic rings. The highest BCUT2D eigenvalue weighted by Crippen LogP contribution is 2.22. The van der Waals surface area contributed by atoms with Crippen LogP contribution in [0.2, 0.25) is 5.02 Å². The SMILES string of the molecule is Nc1ccc(COCc2ccccc2Cl)c(Br)c1. The molecular weight excluding hydrogens is 314 g/mol. The van der Waals surface area contributed by atoms with E-state index < -0.39 is 0 Å². The van der Waals surface area contributed by atoms with Crippen LogP contribution in [0.5, 0.6) is 0 Å². The average molecular weight is 327 g/mol. The largest absolute Gasteiger partial charge is 0.399 e. The minimum atomic E-state index is 0.497. The second-order valence-corrected chi connectivity index (χ2v) is 5.20. The molecule has 0 saturated heterocycles. The van der Waals surface area contributed by atoms with Gasteiger partial charge in [-0.1, -0.05) is 51.8 Å². The molecule has 0 amide bonds. The molecule has 2 aromatic carbocycles. The van der Waals surface area contributed by atoms with Crippen LogP contribution in [0.4, 0.5) is 5.69 Å². The number of ether oxygens (including phenoxy) is 1. The summed E-state index contributed by atoms with van der Waals surface area (Å²) in [7, 11) is 0. The van der Waals surface area contributed by atoms with Crippen molar-refractivity contribution in [2.24, 2.45) is 0 Å². The molecule has 2 aromatic rings. The van der Waals surface area contributed by atoms with Crippen LogP contribution < -0.4 is 5.73 Å². The number of rotatable bonds is 4. The van der Waals surface area contributed by atoms with Crippen LogP contribution in [0.25, 0.3) is 0 Å². The molecule has 94 valence electrons. The lowest BCUT2D eigenvalue weighted by atomic mass is 10.2. The highest BCUT2D eigenvalue weighted by molar-refractivity contribution is 9.10. The second kappa shape index (κ2) is 6.23. The highest BCUT2D eigenvalue weighted by Gasteiger charge is 2.02. The maximum atomic E-state index is 6.05. The zero-order chi connectivity index (χ0) is 13.0. The van der Waals surface area contributed by atoms with Gasteiger partial charge in [0.25, 0.3) is 0 Å². The molecule has 0 unspecified atom stereocenters. The van der Waals surface area contributed by atoms with Gasteiger partial charge in [0, 0.05) is 15.2 Å². The third-order valence-corrected chi connectivity index (χ3v) is 3.66. The molecule has 0 aliphatic carbocycles. The zero-order valence-electron chi connectivity index (χ0n) is 9.70. The fourth-order valence-electron chi connectivity index (χ4n) is 1.57. The Morgan fingerprint density at radius 3 is 2.50 bits per heavy atom. The second-order valence-electron chi connectivity index (χ2n) is 3.94. The average Bonchev–Trinajstić information content (AvgIpc) is 2.34. The Kier molecular flexibility index (Phi) is 4.64. The first-order chi connectivity index (χ1) is 8.66. The first-order valence-electron chi connectivity index (χ1n) is 5.52.